The van der Waals surface area contributed by atoms with Crippen molar-refractivity contribution in [2.75, 3.05) is 12.3 Å². The third kappa shape index (κ3) is 2.26. The van der Waals surface area contributed by atoms with Crippen molar-refractivity contribution in [2.45, 2.75) is 42.8 Å². The lowest BCUT2D eigenvalue weighted by molar-refractivity contribution is -0.137. The van der Waals surface area contributed by atoms with Crippen molar-refractivity contribution in [3.8, 4) is 0 Å². The molecule has 0 spiro atoms. The van der Waals surface area contributed by atoms with E-state index in [0.717, 1.165) is 19.4 Å². The second-order valence-electron chi connectivity index (χ2n) is 5.40. The fourth-order valence-corrected chi connectivity index (χ4v) is 4.51. The Morgan fingerprint density at radius 2 is 2.25 bits per heavy atom. The zero-order valence-electron chi connectivity index (χ0n) is 11.0. The van der Waals surface area contributed by atoms with Crippen molar-refractivity contribution in [3.63, 3.8) is 0 Å². The summed E-state index contributed by atoms with van der Waals surface area (Å²) in [6, 6.07) is -1.26. The third-order valence-corrected chi connectivity index (χ3v) is 5.42. The molecule has 3 amide bonds. The van der Waals surface area contributed by atoms with Crippen LogP contribution >= 0.6 is 11.8 Å². The minimum Gasteiger partial charge on any atom is -0.368 e. The average molecular weight is 298 g/mol. The third-order valence-electron chi connectivity index (χ3n) is 4.10. The van der Waals surface area contributed by atoms with Crippen LogP contribution in [0.4, 0.5) is 0 Å². The minimum atomic E-state index is -0.538. The van der Waals surface area contributed by atoms with Crippen LogP contribution in [0.5, 0.6) is 0 Å². The van der Waals surface area contributed by atoms with E-state index in [9.17, 15) is 14.4 Å². The number of amides is 3. The Morgan fingerprint density at radius 1 is 1.45 bits per heavy atom. The molecule has 3 heterocycles. The Kier molecular flexibility index (Phi) is 3.59. The molecule has 4 atom stereocenters. The maximum Gasteiger partial charge on any atom is 0.246 e. The second kappa shape index (κ2) is 5.25. The first-order valence-electron chi connectivity index (χ1n) is 6.85. The summed E-state index contributed by atoms with van der Waals surface area (Å²) in [6.07, 6.45) is 2.33. The fourth-order valence-electron chi connectivity index (χ4n) is 3.04. The number of rotatable bonds is 3. The highest BCUT2D eigenvalue weighted by atomic mass is 32.2. The van der Waals surface area contributed by atoms with Gasteiger partial charge in [0.05, 0.1) is 11.4 Å². The van der Waals surface area contributed by atoms with E-state index in [1.54, 1.807) is 16.7 Å². The summed E-state index contributed by atoms with van der Waals surface area (Å²) in [7, 11) is 0. The zero-order valence-corrected chi connectivity index (χ0v) is 11.8. The second-order valence-corrected chi connectivity index (χ2v) is 6.61. The molecule has 3 aliphatic heterocycles. The van der Waals surface area contributed by atoms with Crippen LogP contribution in [0.1, 0.15) is 19.3 Å². The number of primary amides is 1. The number of hydrogen-bond acceptors (Lipinski definition) is 5. The Morgan fingerprint density at radius 3 is 2.90 bits per heavy atom. The van der Waals surface area contributed by atoms with Crippen LogP contribution < -0.4 is 16.4 Å². The minimum absolute atomic E-state index is 0.0400. The van der Waals surface area contributed by atoms with Crippen LogP contribution in [-0.4, -0.2) is 58.4 Å². The van der Waals surface area contributed by atoms with Gasteiger partial charge in [0.1, 0.15) is 12.1 Å². The van der Waals surface area contributed by atoms with Gasteiger partial charge in [-0.25, -0.2) is 0 Å². The van der Waals surface area contributed by atoms with Gasteiger partial charge in [0, 0.05) is 12.2 Å². The van der Waals surface area contributed by atoms with Gasteiger partial charge in [-0.1, -0.05) is 0 Å². The molecule has 0 aromatic rings. The summed E-state index contributed by atoms with van der Waals surface area (Å²) in [5.41, 5.74) is 5.32. The summed E-state index contributed by atoms with van der Waals surface area (Å²) in [5, 5.41) is 5.87. The Labute approximate surface area is 121 Å². The highest BCUT2D eigenvalue weighted by Gasteiger charge is 2.50. The molecule has 0 saturated carbocycles. The summed E-state index contributed by atoms with van der Waals surface area (Å²) in [5.74, 6) is -0.230. The number of nitrogens with two attached hydrogens (primary N) is 1. The lowest BCUT2D eigenvalue weighted by Crippen LogP contribution is -2.51. The Bertz CT molecular complexity index is 452. The quantitative estimate of drug-likeness (QED) is 0.581. The van der Waals surface area contributed by atoms with Crippen molar-refractivity contribution in [2.24, 2.45) is 5.73 Å². The number of carbonyl (C=O) groups is 3. The summed E-state index contributed by atoms with van der Waals surface area (Å²) < 4.78 is 0. The van der Waals surface area contributed by atoms with Crippen molar-refractivity contribution in [3.05, 3.63) is 0 Å². The van der Waals surface area contributed by atoms with Gasteiger partial charge in [0.25, 0.3) is 0 Å². The van der Waals surface area contributed by atoms with Crippen LogP contribution in [0, 0.1) is 0 Å². The fraction of sp³-hybridized carbons (Fsp3) is 0.750. The highest BCUT2D eigenvalue weighted by Crippen LogP contribution is 2.37. The van der Waals surface area contributed by atoms with Crippen LogP contribution in [0.2, 0.25) is 0 Å². The van der Waals surface area contributed by atoms with Crippen LogP contribution in [0.25, 0.3) is 0 Å². The molecule has 0 aromatic heterocycles. The SMILES string of the molecule is NC(=O)[C@H]1CS[C@@H]2C[C@@H](NC(=O)C3CCCN3)C(=O)N12. The molecule has 3 rings (SSSR count). The molecule has 0 radical (unpaired) electrons. The Balaban J connectivity index is 1.64. The van der Waals surface area contributed by atoms with Gasteiger partial charge in [-0.15, -0.1) is 11.8 Å². The molecule has 0 aliphatic carbocycles. The summed E-state index contributed by atoms with van der Waals surface area (Å²) in [4.78, 5) is 37.2. The molecule has 7 nitrogen and oxygen atoms in total. The molecule has 0 aromatic carbocycles. The molecule has 1 unspecified atom stereocenters. The van der Waals surface area contributed by atoms with E-state index < -0.39 is 18.0 Å². The van der Waals surface area contributed by atoms with Crippen molar-refractivity contribution >= 4 is 29.5 Å². The lowest BCUT2D eigenvalue weighted by atomic mass is 10.2. The van der Waals surface area contributed by atoms with E-state index in [4.69, 9.17) is 5.73 Å². The predicted octanol–water partition coefficient (Wildman–Crippen LogP) is -1.62. The molecule has 110 valence electrons. The van der Waals surface area contributed by atoms with E-state index in [1.807, 2.05) is 0 Å². The smallest absolute Gasteiger partial charge is 0.246 e. The van der Waals surface area contributed by atoms with Gasteiger partial charge < -0.3 is 21.3 Å². The van der Waals surface area contributed by atoms with Crippen molar-refractivity contribution < 1.29 is 14.4 Å². The van der Waals surface area contributed by atoms with Gasteiger partial charge in [0.15, 0.2) is 0 Å². The van der Waals surface area contributed by atoms with E-state index >= 15 is 0 Å². The number of nitrogens with one attached hydrogen (secondary N) is 2. The van der Waals surface area contributed by atoms with E-state index in [2.05, 4.69) is 10.6 Å². The Hall–Kier alpha value is -1.28. The summed E-state index contributed by atoms with van der Waals surface area (Å²) in [6.45, 7) is 0.838. The first kappa shape index (κ1) is 13.7. The van der Waals surface area contributed by atoms with E-state index in [1.165, 1.54) is 0 Å². The maximum atomic E-state index is 12.3. The van der Waals surface area contributed by atoms with Crippen molar-refractivity contribution in [1.29, 1.82) is 0 Å². The lowest BCUT2D eigenvalue weighted by Gasteiger charge is -2.21. The van der Waals surface area contributed by atoms with Crippen LogP contribution in [-0.2, 0) is 14.4 Å². The monoisotopic (exact) mass is 298 g/mol. The molecule has 20 heavy (non-hydrogen) atoms. The van der Waals surface area contributed by atoms with Gasteiger partial charge in [0.2, 0.25) is 17.7 Å². The van der Waals surface area contributed by atoms with Gasteiger partial charge >= 0.3 is 0 Å². The first-order chi connectivity index (χ1) is 9.58. The molecule has 3 aliphatic rings. The molecule has 3 fully saturated rings. The van der Waals surface area contributed by atoms with Gasteiger partial charge in [-0.05, 0) is 19.4 Å². The van der Waals surface area contributed by atoms with E-state index in [0.29, 0.717) is 12.2 Å². The van der Waals surface area contributed by atoms with Gasteiger partial charge in [-0.3, -0.25) is 14.4 Å². The normalized spacial score (nSPS) is 36.2. The largest absolute Gasteiger partial charge is 0.368 e. The molecule has 3 saturated heterocycles. The summed E-state index contributed by atoms with van der Waals surface area (Å²) >= 11 is 1.55. The molecule has 0 bridgehead atoms. The van der Waals surface area contributed by atoms with Crippen molar-refractivity contribution in [1.82, 2.24) is 15.5 Å². The number of hydrogen-bond donors (Lipinski definition) is 3. The zero-order chi connectivity index (χ0) is 14.3. The molecule has 8 heteroatoms. The topological polar surface area (TPSA) is 105 Å². The van der Waals surface area contributed by atoms with E-state index in [-0.39, 0.29) is 23.2 Å². The first-order valence-corrected chi connectivity index (χ1v) is 7.89. The highest BCUT2D eigenvalue weighted by molar-refractivity contribution is 8.00. The number of carbonyl (C=O) groups excluding carboxylic acids is 3. The predicted molar refractivity (Wildman–Crippen MR) is 73.6 cm³/mol. The standard InChI is InChI=1S/C12H18N4O3S/c13-10(17)8-5-20-9-4-7(12(19)16(8)9)15-11(18)6-2-1-3-14-6/h6-9,14H,1-5H2,(H2,13,17)(H,15,18)/t6?,7-,8-,9-/m1/s1. The average Bonchev–Trinajstić information content (AvgIpc) is 3.09. The molecular formula is C12H18N4O3S. The van der Waals surface area contributed by atoms with Gasteiger partial charge in [-0.2, -0.15) is 0 Å². The number of fused-ring (bicyclic) bond motifs is 1. The molecule has 4 N–H and O–H groups in total. The maximum absolute atomic E-state index is 12.3. The molecular weight excluding hydrogens is 280 g/mol. The van der Waals surface area contributed by atoms with Crippen LogP contribution in [0.15, 0.2) is 0 Å². The number of thioether (sulfide) groups is 1. The van der Waals surface area contributed by atoms with Crippen LogP contribution in [0.3, 0.4) is 0 Å². The number of nitrogens with zero attached hydrogens (tertiary/aromatic N) is 1.